The summed E-state index contributed by atoms with van der Waals surface area (Å²) in [5.41, 5.74) is 2.27. The number of carboxylic acids is 1. The van der Waals surface area contributed by atoms with Crippen LogP contribution in [0.1, 0.15) is 84.9 Å². The highest BCUT2D eigenvalue weighted by Gasteiger charge is 2.37. The van der Waals surface area contributed by atoms with Crippen LogP contribution in [0.25, 0.3) is 0 Å². The Morgan fingerprint density at radius 3 is 2.29 bits per heavy atom. The Hall–Kier alpha value is -3.77. The van der Waals surface area contributed by atoms with Gasteiger partial charge < -0.3 is 14.9 Å². The molecule has 1 aromatic heterocycles. The number of hydrogen-bond acceptors (Lipinski definition) is 6. The molecule has 45 heavy (non-hydrogen) atoms. The third-order valence-corrected chi connectivity index (χ3v) is 9.04. The number of aromatic nitrogens is 4. The van der Waals surface area contributed by atoms with Crippen molar-refractivity contribution in [2.45, 2.75) is 84.0 Å². The average Bonchev–Trinajstić information content (AvgIpc) is 3.30. The maximum absolute atomic E-state index is 14.4. The second-order valence-corrected chi connectivity index (χ2v) is 12.7. The lowest BCUT2D eigenvalue weighted by molar-refractivity contribution is -0.143. The van der Waals surface area contributed by atoms with Gasteiger partial charge in [0.25, 0.3) is 11.9 Å². The van der Waals surface area contributed by atoms with E-state index in [9.17, 15) is 31.9 Å². The Balaban J connectivity index is 1.55. The second-order valence-electron chi connectivity index (χ2n) is 12.7. The van der Waals surface area contributed by atoms with E-state index in [-0.39, 0.29) is 30.0 Å². The maximum Gasteiger partial charge on any atom is 0.416 e. The van der Waals surface area contributed by atoms with Gasteiger partial charge in [-0.2, -0.15) is 18.0 Å². The predicted octanol–water partition coefficient (Wildman–Crippen LogP) is 7.20. The molecule has 1 saturated carbocycles. The van der Waals surface area contributed by atoms with Gasteiger partial charge in [-0.15, -0.1) is 5.10 Å². The summed E-state index contributed by atoms with van der Waals surface area (Å²) in [7, 11) is 1.59. The van der Waals surface area contributed by atoms with Gasteiger partial charge in [0.2, 0.25) is 0 Å². The molecule has 2 heterocycles. The zero-order chi connectivity index (χ0) is 32.7. The molecule has 1 aliphatic carbocycles. The molecule has 244 valence electrons. The lowest BCUT2D eigenvalue weighted by Gasteiger charge is -2.36. The lowest BCUT2D eigenvalue weighted by Crippen LogP contribution is -2.34. The van der Waals surface area contributed by atoms with Gasteiger partial charge in [-0.3, -0.25) is 4.79 Å². The van der Waals surface area contributed by atoms with Gasteiger partial charge in [-0.1, -0.05) is 22.8 Å². The number of alkyl halides is 5. The number of nitrogens with zero attached hydrogens (tertiary/aromatic N) is 6. The minimum Gasteiger partial charge on any atom is -0.481 e. The predicted molar refractivity (Wildman–Crippen MR) is 159 cm³/mol. The molecule has 0 radical (unpaired) electrons. The fraction of sp³-hybridized carbons (Fsp3) is 0.562. The number of anilines is 2. The molecule has 1 N–H and O–H groups in total. The number of aryl methyl sites for hydroxylation is 3. The Morgan fingerprint density at radius 1 is 1.00 bits per heavy atom. The third-order valence-electron chi connectivity index (χ3n) is 9.04. The summed E-state index contributed by atoms with van der Waals surface area (Å²) in [5.74, 6) is -3.99. The van der Waals surface area contributed by atoms with Gasteiger partial charge in [-0.25, -0.2) is 8.78 Å². The van der Waals surface area contributed by atoms with Crippen molar-refractivity contribution in [1.29, 1.82) is 0 Å². The van der Waals surface area contributed by atoms with Crippen LogP contribution in [0.15, 0.2) is 30.3 Å². The van der Waals surface area contributed by atoms with E-state index in [0.29, 0.717) is 38.2 Å². The van der Waals surface area contributed by atoms with Crippen LogP contribution in [0.3, 0.4) is 0 Å². The SMILES string of the molecule is Cc1cc(C)c2c(c1)[C@@H](N(Cc1cc(C(C)(F)F)cc(C(F)(F)F)c1)c1nnn(C)n1)CCCN2CC1CCC(C(=O)O)CC1. The van der Waals surface area contributed by atoms with Gasteiger partial charge in [0.1, 0.15) is 0 Å². The normalized spacial score (nSPS) is 20.9. The number of halogens is 5. The van der Waals surface area contributed by atoms with Crippen molar-refractivity contribution in [2.75, 3.05) is 22.9 Å². The molecule has 0 bridgehead atoms. The third kappa shape index (κ3) is 7.38. The standard InChI is InChI=1S/C32H39F5N6O2/c1-19-12-20(2)28-26(13-19)27(6-5-11-42(28)17-21-7-9-23(10-8-21)29(44)45)43(30-38-40-41(4)39-30)18-22-14-24(31(3,33)34)16-25(15-22)32(35,36)37/h12-16,21,23,27H,5-11,17-18H2,1-4H3,(H,44,45)/t21?,23?,27-/m0/s1. The highest BCUT2D eigenvalue weighted by molar-refractivity contribution is 5.70. The number of rotatable bonds is 8. The van der Waals surface area contributed by atoms with Crippen LogP contribution in [-0.2, 0) is 30.5 Å². The van der Waals surface area contributed by atoms with Crippen LogP contribution >= 0.6 is 0 Å². The average molecular weight is 635 g/mol. The van der Waals surface area contributed by atoms with Crippen molar-refractivity contribution in [2.24, 2.45) is 18.9 Å². The lowest BCUT2D eigenvalue weighted by atomic mass is 9.81. The monoisotopic (exact) mass is 634 g/mol. The van der Waals surface area contributed by atoms with Crippen LogP contribution in [-0.4, -0.2) is 44.4 Å². The largest absolute Gasteiger partial charge is 0.481 e. The molecule has 2 aliphatic rings. The van der Waals surface area contributed by atoms with Gasteiger partial charge in [0, 0.05) is 37.8 Å². The Kier molecular flexibility index (Phi) is 9.10. The molecule has 0 spiro atoms. The minimum absolute atomic E-state index is 0.0658. The maximum atomic E-state index is 14.4. The number of carbonyl (C=O) groups is 1. The summed E-state index contributed by atoms with van der Waals surface area (Å²) in [6, 6.07) is 6.34. The summed E-state index contributed by atoms with van der Waals surface area (Å²) in [5, 5.41) is 22.0. The summed E-state index contributed by atoms with van der Waals surface area (Å²) in [4.78, 5) is 16.9. The van der Waals surface area contributed by atoms with Gasteiger partial charge in [-0.05, 0) is 98.4 Å². The number of tetrazole rings is 1. The Morgan fingerprint density at radius 2 is 1.69 bits per heavy atom. The molecular formula is C32H39F5N6O2. The first-order valence-corrected chi connectivity index (χ1v) is 15.3. The number of aliphatic carboxylic acids is 1. The number of hydrogen-bond donors (Lipinski definition) is 1. The molecule has 0 saturated heterocycles. The molecule has 1 fully saturated rings. The van der Waals surface area contributed by atoms with Crippen LogP contribution in [0.5, 0.6) is 0 Å². The van der Waals surface area contributed by atoms with Crippen molar-refractivity contribution >= 4 is 17.6 Å². The van der Waals surface area contributed by atoms with Crippen LogP contribution < -0.4 is 9.80 Å². The topological polar surface area (TPSA) is 87.4 Å². The molecule has 1 atom stereocenters. The summed E-state index contributed by atoms with van der Waals surface area (Å²) >= 11 is 0. The van der Waals surface area contributed by atoms with Gasteiger partial charge >= 0.3 is 12.1 Å². The smallest absolute Gasteiger partial charge is 0.416 e. The van der Waals surface area contributed by atoms with Gasteiger partial charge in [0.05, 0.1) is 24.6 Å². The summed E-state index contributed by atoms with van der Waals surface area (Å²) in [6.07, 6.45) is -0.485. The van der Waals surface area contributed by atoms with E-state index >= 15 is 0 Å². The number of fused-ring (bicyclic) bond motifs is 1. The highest BCUT2D eigenvalue weighted by Crippen LogP contribution is 2.43. The first-order valence-electron chi connectivity index (χ1n) is 15.3. The van der Waals surface area contributed by atoms with Crippen molar-refractivity contribution < 1.29 is 31.9 Å². The molecular weight excluding hydrogens is 595 g/mol. The molecule has 0 unspecified atom stereocenters. The zero-order valence-corrected chi connectivity index (χ0v) is 25.9. The quantitative estimate of drug-likeness (QED) is 0.262. The first kappa shape index (κ1) is 32.6. The van der Waals surface area contributed by atoms with Crippen LogP contribution in [0.2, 0.25) is 0 Å². The summed E-state index contributed by atoms with van der Waals surface area (Å²) in [6.45, 7) is 5.97. The Bertz CT molecular complexity index is 1490. The number of carboxylic acid groups (broad SMARTS) is 1. The van der Waals surface area contributed by atoms with E-state index in [4.69, 9.17) is 0 Å². The van der Waals surface area contributed by atoms with Gasteiger partial charge in [0.15, 0.2) is 0 Å². The van der Waals surface area contributed by atoms with Crippen molar-refractivity contribution in [3.63, 3.8) is 0 Å². The second kappa shape index (κ2) is 12.6. The van der Waals surface area contributed by atoms with E-state index in [1.165, 1.54) is 4.80 Å². The molecule has 3 aromatic rings. The summed E-state index contributed by atoms with van der Waals surface area (Å²) < 4.78 is 70.4. The highest BCUT2D eigenvalue weighted by atomic mass is 19.4. The van der Waals surface area contributed by atoms with Crippen LogP contribution in [0, 0.1) is 25.7 Å². The molecule has 1 aliphatic heterocycles. The van der Waals surface area contributed by atoms with E-state index in [2.05, 4.69) is 32.4 Å². The number of benzene rings is 2. The Labute approximate surface area is 259 Å². The molecule has 8 nitrogen and oxygen atoms in total. The van der Waals surface area contributed by atoms with Crippen molar-refractivity contribution in [1.82, 2.24) is 20.2 Å². The van der Waals surface area contributed by atoms with E-state index in [0.717, 1.165) is 66.9 Å². The van der Waals surface area contributed by atoms with E-state index in [1.807, 2.05) is 13.8 Å². The first-order chi connectivity index (χ1) is 21.1. The fourth-order valence-electron chi connectivity index (χ4n) is 6.94. The molecule has 13 heteroatoms. The molecule has 2 aromatic carbocycles. The molecule has 5 rings (SSSR count). The fourth-order valence-corrected chi connectivity index (χ4v) is 6.94. The van der Waals surface area contributed by atoms with Crippen molar-refractivity contribution in [3.05, 3.63) is 63.7 Å². The van der Waals surface area contributed by atoms with Crippen LogP contribution in [0.4, 0.5) is 33.6 Å². The van der Waals surface area contributed by atoms with E-state index < -0.39 is 29.2 Å². The zero-order valence-electron chi connectivity index (χ0n) is 25.9. The van der Waals surface area contributed by atoms with E-state index in [1.54, 1.807) is 11.9 Å². The molecule has 0 amide bonds. The van der Waals surface area contributed by atoms with Crippen molar-refractivity contribution in [3.8, 4) is 0 Å². The minimum atomic E-state index is -4.81.